The van der Waals surface area contributed by atoms with Crippen LogP contribution in [0.15, 0.2) is 36.0 Å². The zero-order valence-corrected chi connectivity index (χ0v) is 13.8. The van der Waals surface area contributed by atoms with E-state index in [0.717, 1.165) is 12.1 Å². The van der Waals surface area contributed by atoms with Crippen molar-refractivity contribution in [3.8, 4) is 6.07 Å². The number of nitrogens with one attached hydrogen (secondary N) is 1. The largest absolute Gasteiger partial charge is 0.418 e. The first kappa shape index (κ1) is 18.8. The van der Waals surface area contributed by atoms with Crippen molar-refractivity contribution in [1.82, 2.24) is 4.90 Å². The van der Waals surface area contributed by atoms with Crippen LogP contribution >= 0.6 is 0 Å². The van der Waals surface area contributed by atoms with Crippen LogP contribution in [0.4, 0.5) is 18.9 Å². The van der Waals surface area contributed by atoms with Crippen molar-refractivity contribution in [2.24, 2.45) is 0 Å². The van der Waals surface area contributed by atoms with Gasteiger partial charge in [0.1, 0.15) is 11.6 Å². The summed E-state index contributed by atoms with van der Waals surface area (Å²) in [4.78, 5) is 14.0. The molecule has 1 N–H and O–H groups in total. The monoisotopic (exact) mass is 353 g/mol. The maximum Gasteiger partial charge on any atom is 0.418 e. The Morgan fingerprint density at radius 1 is 1.32 bits per heavy atom. The third-order valence-electron chi connectivity index (χ3n) is 3.61. The molecule has 2 atom stereocenters. The molecular weight excluding hydrogens is 335 g/mol. The average Bonchev–Trinajstić information content (AvgIpc) is 2.51. The van der Waals surface area contributed by atoms with Crippen LogP contribution in [-0.4, -0.2) is 36.1 Å². The van der Waals surface area contributed by atoms with Gasteiger partial charge >= 0.3 is 6.18 Å². The fourth-order valence-electron chi connectivity index (χ4n) is 2.67. The summed E-state index contributed by atoms with van der Waals surface area (Å²) in [6.07, 6.45) is -3.39. The van der Waals surface area contributed by atoms with E-state index in [9.17, 15) is 23.2 Å². The second-order valence-electron chi connectivity index (χ2n) is 5.86. The molecule has 0 saturated carbocycles. The molecule has 1 aromatic carbocycles. The summed E-state index contributed by atoms with van der Waals surface area (Å²) < 4.78 is 44.5. The number of ether oxygens (including phenoxy) is 1. The molecule has 134 valence electrons. The molecular formula is C17H18F3N3O2. The quantitative estimate of drug-likeness (QED) is 0.670. The van der Waals surface area contributed by atoms with Gasteiger partial charge in [0.2, 0.25) is 0 Å². The van der Waals surface area contributed by atoms with Gasteiger partial charge in [0.05, 0.1) is 23.5 Å². The highest BCUT2D eigenvalue weighted by Crippen LogP contribution is 2.34. The van der Waals surface area contributed by atoms with Crippen LogP contribution in [0.25, 0.3) is 0 Å². The normalized spacial score (nSPS) is 21.6. The van der Waals surface area contributed by atoms with Crippen LogP contribution in [0.3, 0.4) is 0 Å². The third kappa shape index (κ3) is 4.97. The number of amides is 1. The molecule has 0 aliphatic carbocycles. The zero-order chi connectivity index (χ0) is 18.6. The van der Waals surface area contributed by atoms with Gasteiger partial charge in [0, 0.05) is 19.3 Å². The summed E-state index contributed by atoms with van der Waals surface area (Å²) >= 11 is 0. The minimum absolute atomic E-state index is 0.0750. The zero-order valence-electron chi connectivity index (χ0n) is 13.8. The summed E-state index contributed by atoms with van der Waals surface area (Å²) in [7, 11) is 0. The van der Waals surface area contributed by atoms with Gasteiger partial charge < -0.3 is 15.0 Å². The first-order valence-corrected chi connectivity index (χ1v) is 7.69. The Morgan fingerprint density at radius 3 is 2.48 bits per heavy atom. The Morgan fingerprint density at radius 2 is 1.92 bits per heavy atom. The lowest BCUT2D eigenvalue weighted by molar-refractivity contribution is -0.137. The molecule has 1 aromatic rings. The topological polar surface area (TPSA) is 65.4 Å². The Bertz CT molecular complexity index is 700. The summed E-state index contributed by atoms with van der Waals surface area (Å²) in [5.41, 5.74) is -1.61. The van der Waals surface area contributed by atoms with E-state index in [1.54, 1.807) is 11.0 Å². The van der Waals surface area contributed by atoms with Crippen LogP contribution < -0.4 is 5.32 Å². The number of morpholine rings is 1. The van der Waals surface area contributed by atoms with Crippen LogP contribution in [-0.2, 0) is 15.7 Å². The number of hydrogen-bond acceptors (Lipinski definition) is 4. The lowest BCUT2D eigenvalue weighted by Gasteiger charge is -2.34. The molecule has 1 heterocycles. The van der Waals surface area contributed by atoms with E-state index >= 15 is 0 Å². The lowest BCUT2D eigenvalue weighted by atomic mass is 10.1. The molecule has 0 bridgehead atoms. The number of alkyl halides is 3. The van der Waals surface area contributed by atoms with Gasteiger partial charge in [0.25, 0.3) is 5.91 Å². The Kier molecular flexibility index (Phi) is 5.69. The smallest absolute Gasteiger partial charge is 0.372 e. The van der Waals surface area contributed by atoms with E-state index in [1.165, 1.54) is 18.3 Å². The van der Waals surface area contributed by atoms with Gasteiger partial charge in [-0.3, -0.25) is 4.79 Å². The molecule has 2 rings (SSSR count). The average molecular weight is 353 g/mol. The number of rotatable bonds is 3. The predicted octanol–water partition coefficient (Wildman–Crippen LogP) is 3.16. The van der Waals surface area contributed by atoms with Gasteiger partial charge in [-0.25, -0.2) is 0 Å². The number of halogens is 3. The van der Waals surface area contributed by atoms with Crippen LogP contribution in [0, 0.1) is 11.3 Å². The lowest BCUT2D eigenvalue weighted by Crippen LogP contribution is -2.43. The SMILES string of the molecule is CC1CN(/C=C(/C#N)C(=O)Nc2ccccc2C(F)(F)F)CC(C)O1. The molecule has 0 radical (unpaired) electrons. The van der Waals surface area contributed by atoms with Crippen LogP contribution in [0.1, 0.15) is 19.4 Å². The molecule has 2 unspecified atom stereocenters. The van der Waals surface area contributed by atoms with Crippen LogP contribution in [0.5, 0.6) is 0 Å². The standard InChI is InChI=1S/C17H18F3N3O2/c1-11-8-23(9-12(2)25-11)10-13(7-21)16(24)22-15-6-4-3-5-14(15)17(18,19)20/h3-6,10-12H,8-9H2,1-2H3,(H,22,24)/b13-10-. The van der Waals surface area contributed by atoms with Crippen molar-refractivity contribution in [2.45, 2.75) is 32.2 Å². The Balaban J connectivity index is 2.19. The summed E-state index contributed by atoms with van der Waals surface area (Å²) in [6, 6.07) is 6.37. The van der Waals surface area contributed by atoms with Gasteiger partial charge in [-0.05, 0) is 26.0 Å². The van der Waals surface area contributed by atoms with Crippen molar-refractivity contribution < 1.29 is 22.7 Å². The molecule has 1 saturated heterocycles. The molecule has 1 aliphatic heterocycles. The summed E-state index contributed by atoms with van der Waals surface area (Å²) in [6.45, 7) is 4.70. The Hall–Kier alpha value is -2.53. The number of carbonyl (C=O) groups excluding carboxylic acids is 1. The predicted molar refractivity (Wildman–Crippen MR) is 85.4 cm³/mol. The highest BCUT2D eigenvalue weighted by atomic mass is 19.4. The first-order chi connectivity index (χ1) is 11.7. The van der Waals surface area contributed by atoms with E-state index in [4.69, 9.17) is 4.74 Å². The van der Waals surface area contributed by atoms with Crippen molar-refractivity contribution in [1.29, 1.82) is 5.26 Å². The second-order valence-corrected chi connectivity index (χ2v) is 5.86. The molecule has 25 heavy (non-hydrogen) atoms. The number of nitrogens with zero attached hydrogens (tertiary/aromatic N) is 2. The van der Waals surface area contributed by atoms with Crippen LogP contribution in [0.2, 0.25) is 0 Å². The Labute approximate surface area is 143 Å². The summed E-state index contributed by atoms with van der Waals surface area (Å²) in [5.74, 6) is -0.883. The minimum Gasteiger partial charge on any atom is -0.372 e. The maximum absolute atomic E-state index is 13.0. The fraction of sp³-hybridized carbons (Fsp3) is 0.412. The first-order valence-electron chi connectivity index (χ1n) is 7.69. The molecule has 0 spiro atoms. The van der Waals surface area contributed by atoms with Crippen molar-refractivity contribution >= 4 is 11.6 Å². The van der Waals surface area contributed by atoms with Gasteiger partial charge in [0.15, 0.2) is 0 Å². The number of benzene rings is 1. The van der Waals surface area contributed by atoms with Crippen molar-refractivity contribution in [3.05, 3.63) is 41.6 Å². The highest BCUT2D eigenvalue weighted by molar-refractivity contribution is 6.06. The highest BCUT2D eigenvalue weighted by Gasteiger charge is 2.33. The number of carbonyl (C=O) groups is 1. The van der Waals surface area contributed by atoms with E-state index in [-0.39, 0.29) is 23.5 Å². The number of hydrogen-bond donors (Lipinski definition) is 1. The third-order valence-corrected chi connectivity index (χ3v) is 3.61. The summed E-state index contributed by atoms with van der Waals surface area (Å²) in [5, 5.41) is 11.4. The number of anilines is 1. The van der Waals surface area contributed by atoms with Gasteiger partial charge in [-0.1, -0.05) is 12.1 Å². The molecule has 0 aromatic heterocycles. The molecule has 8 heteroatoms. The van der Waals surface area contributed by atoms with E-state index in [0.29, 0.717) is 13.1 Å². The minimum atomic E-state index is -4.60. The van der Waals surface area contributed by atoms with Gasteiger partial charge in [-0.15, -0.1) is 0 Å². The van der Waals surface area contributed by atoms with Crippen molar-refractivity contribution in [3.63, 3.8) is 0 Å². The maximum atomic E-state index is 13.0. The number of para-hydroxylation sites is 1. The van der Waals surface area contributed by atoms with Crippen molar-refractivity contribution in [2.75, 3.05) is 18.4 Å². The molecule has 5 nitrogen and oxygen atoms in total. The number of nitriles is 1. The molecule has 1 amide bonds. The van der Waals surface area contributed by atoms with E-state index in [2.05, 4.69) is 5.32 Å². The molecule has 1 fully saturated rings. The van der Waals surface area contributed by atoms with E-state index < -0.39 is 17.6 Å². The second kappa shape index (κ2) is 7.57. The fourth-order valence-corrected chi connectivity index (χ4v) is 2.67. The molecule has 1 aliphatic rings. The van der Waals surface area contributed by atoms with E-state index in [1.807, 2.05) is 13.8 Å². The van der Waals surface area contributed by atoms with Gasteiger partial charge in [-0.2, -0.15) is 18.4 Å².